The third-order valence-electron chi connectivity index (χ3n) is 4.46. The van der Waals surface area contributed by atoms with Gasteiger partial charge in [-0.25, -0.2) is 18.4 Å². The molecule has 2 aromatic carbocycles. The van der Waals surface area contributed by atoms with Gasteiger partial charge in [0.25, 0.3) is 6.43 Å². The van der Waals surface area contributed by atoms with Gasteiger partial charge in [0.1, 0.15) is 5.75 Å². The molecule has 4 rings (SSSR count). The van der Waals surface area contributed by atoms with Crippen molar-refractivity contribution in [3.63, 3.8) is 0 Å². The number of nitrogens with zero attached hydrogens (tertiary/aromatic N) is 3. The first-order valence-electron chi connectivity index (χ1n) is 8.47. The van der Waals surface area contributed by atoms with Crippen LogP contribution in [0.15, 0.2) is 60.7 Å². The van der Waals surface area contributed by atoms with E-state index in [0.717, 1.165) is 5.69 Å². The van der Waals surface area contributed by atoms with E-state index in [2.05, 4.69) is 10.1 Å². The predicted octanol–water partition coefficient (Wildman–Crippen LogP) is 5.34. The molecule has 0 aliphatic carbocycles. The monoisotopic (exact) mass is 365 g/mol. The van der Waals surface area contributed by atoms with E-state index in [-0.39, 0.29) is 5.56 Å². The summed E-state index contributed by atoms with van der Waals surface area (Å²) in [5.41, 5.74) is 2.68. The summed E-state index contributed by atoms with van der Waals surface area (Å²) in [6.45, 7) is 1.72. The fourth-order valence-corrected chi connectivity index (χ4v) is 3.24. The van der Waals surface area contributed by atoms with Crippen molar-refractivity contribution in [2.45, 2.75) is 13.3 Å². The first-order valence-corrected chi connectivity index (χ1v) is 8.47. The smallest absolute Gasteiger partial charge is 0.264 e. The molecular weight excluding hydrogens is 348 g/mol. The summed E-state index contributed by atoms with van der Waals surface area (Å²) in [5.74, 6) is 0.576. The minimum Gasteiger partial charge on any atom is -0.496 e. The van der Waals surface area contributed by atoms with Gasteiger partial charge in [-0.1, -0.05) is 30.3 Å². The van der Waals surface area contributed by atoms with Crippen LogP contribution in [0.1, 0.15) is 17.7 Å². The topological polar surface area (TPSA) is 39.9 Å². The normalized spacial score (nSPS) is 11.3. The molecule has 0 aliphatic heterocycles. The predicted molar refractivity (Wildman–Crippen MR) is 101 cm³/mol. The Balaban J connectivity index is 2.06. The van der Waals surface area contributed by atoms with E-state index in [0.29, 0.717) is 33.7 Å². The van der Waals surface area contributed by atoms with Crippen LogP contribution in [0.4, 0.5) is 8.78 Å². The third kappa shape index (κ3) is 2.93. The van der Waals surface area contributed by atoms with E-state index in [9.17, 15) is 8.78 Å². The van der Waals surface area contributed by atoms with E-state index in [1.54, 1.807) is 30.8 Å². The van der Waals surface area contributed by atoms with Gasteiger partial charge in [0, 0.05) is 11.1 Å². The molecule has 2 aromatic heterocycles. The van der Waals surface area contributed by atoms with Gasteiger partial charge < -0.3 is 4.74 Å². The van der Waals surface area contributed by atoms with Crippen molar-refractivity contribution < 1.29 is 13.5 Å². The lowest BCUT2D eigenvalue weighted by Crippen LogP contribution is -2.00. The number of rotatable bonds is 4. The van der Waals surface area contributed by atoms with Crippen LogP contribution in [0.5, 0.6) is 5.75 Å². The van der Waals surface area contributed by atoms with Crippen LogP contribution in [0, 0.1) is 6.92 Å². The molecule has 0 fully saturated rings. The largest absolute Gasteiger partial charge is 0.496 e. The highest BCUT2D eigenvalue weighted by Crippen LogP contribution is 2.36. The highest BCUT2D eigenvalue weighted by Gasteiger charge is 2.22. The Kier molecular flexibility index (Phi) is 4.32. The summed E-state index contributed by atoms with van der Waals surface area (Å²) in [5, 5.41) is 4.85. The van der Waals surface area contributed by atoms with Crippen LogP contribution in [-0.2, 0) is 0 Å². The minimum atomic E-state index is -2.64. The summed E-state index contributed by atoms with van der Waals surface area (Å²) in [6.07, 6.45) is -2.64. The first-order chi connectivity index (χ1) is 13.1. The van der Waals surface area contributed by atoms with Crippen LogP contribution in [0.2, 0.25) is 0 Å². The number of methoxy groups -OCH3 is 1. The summed E-state index contributed by atoms with van der Waals surface area (Å²) in [6, 6.07) is 18.0. The molecule has 0 amide bonds. The number of alkyl halides is 2. The van der Waals surface area contributed by atoms with Crippen molar-refractivity contribution in [1.82, 2.24) is 14.8 Å². The molecule has 2 heterocycles. The molecule has 4 aromatic rings. The summed E-state index contributed by atoms with van der Waals surface area (Å²) < 4.78 is 34.7. The van der Waals surface area contributed by atoms with Gasteiger partial charge in [-0.05, 0) is 37.3 Å². The van der Waals surface area contributed by atoms with Crippen molar-refractivity contribution in [3.8, 4) is 22.7 Å². The van der Waals surface area contributed by atoms with Crippen molar-refractivity contribution in [1.29, 1.82) is 0 Å². The Morgan fingerprint density at radius 1 is 1.00 bits per heavy atom. The second kappa shape index (κ2) is 6.79. The van der Waals surface area contributed by atoms with Crippen LogP contribution in [0.3, 0.4) is 0 Å². The molecule has 0 N–H and O–H groups in total. The third-order valence-corrected chi connectivity index (χ3v) is 4.46. The average molecular weight is 365 g/mol. The molecular formula is C21H17F2N3O. The number of aryl methyl sites for hydroxylation is 1. The van der Waals surface area contributed by atoms with Gasteiger partial charge in [0.05, 0.1) is 29.6 Å². The van der Waals surface area contributed by atoms with E-state index >= 15 is 0 Å². The summed E-state index contributed by atoms with van der Waals surface area (Å²) >= 11 is 0. The van der Waals surface area contributed by atoms with Crippen molar-refractivity contribution in [3.05, 3.63) is 71.9 Å². The van der Waals surface area contributed by atoms with Gasteiger partial charge in [-0.2, -0.15) is 5.10 Å². The molecule has 0 saturated carbocycles. The van der Waals surface area contributed by atoms with Crippen molar-refractivity contribution in [2.75, 3.05) is 7.11 Å². The molecule has 0 aliphatic rings. The molecule has 136 valence electrons. The fourth-order valence-electron chi connectivity index (χ4n) is 3.24. The van der Waals surface area contributed by atoms with Crippen molar-refractivity contribution >= 4 is 11.0 Å². The van der Waals surface area contributed by atoms with E-state index in [4.69, 9.17) is 4.74 Å². The molecule has 0 unspecified atom stereocenters. The van der Waals surface area contributed by atoms with Gasteiger partial charge in [0.2, 0.25) is 0 Å². The van der Waals surface area contributed by atoms with Crippen LogP contribution >= 0.6 is 0 Å². The van der Waals surface area contributed by atoms with Gasteiger partial charge >= 0.3 is 0 Å². The number of fused-ring (bicyclic) bond motifs is 1. The quantitative estimate of drug-likeness (QED) is 0.490. The second-order valence-corrected chi connectivity index (χ2v) is 6.13. The zero-order valence-electron chi connectivity index (χ0n) is 14.9. The first kappa shape index (κ1) is 17.1. The van der Waals surface area contributed by atoms with Crippen molar-refractivity contribution in [2.24, 2.45) is 0 Å². The molecule has 4 nitrogen and oxygen atoms in total. The number of halogens is 2. The number of hydrogen-bond acceptors (Lipinski definition) is 3. The van der Waals surface area contributed by atoms with Gasteiger partial charge in [-0.15, -0.1) is 0 Å². The Morgan fingerprint density at radius 3 is 2.41 bits per heavy atom. The van der Waals surface area contributed by atoms with Crippen LogP contribution < -0.4 is 4.74 Å². The maximum Gasteiger partial charge on any atom is 0.264 e. The second-order valence-electron chi connectivity index (χ2n) is 6.13. The minimum absolute atomic E-state index is 0.0828. The number of aromatic nitrogens is 3. The molecule has 27 heavy (non-hydrogen) atoms. The van der Waals surface area contributed by atoms with Gasteiger partial charge in [0.15, 0.2) is 5.65 Å². The standard InChI is InChI=1S/C21H17F2N3O/c1-13-19-16(20(22)23)12-17(15-10-6-7-11-18(15)27-2)24-21(19)26(25-13)14-8-4-3-5-9-14/h3-12,20H,1-2H3. The fraction of sp³-hybridized carbons (Fsp3) is 0.143. The maximum absolute atomic E-state index is 13.9. The van der Waals surface area contributed by atoms with Crippen LogP contribution in [0.25, 0.3) is 28.0 Å². The molecule has 0 atom stereocenters. The van der Waals surface area contributed by atoms with Gasteiger partial charge in [-0.3, -0.25) is 0 Å². The van der Waals surface area contributed by atoms with E-state index in [1.165, 1.54) is 6.07 Å². The number of hydrogen-bond donors (Lipinski definition) is 0. The zero-order valence-corrected chi connectivity index (χ0v) is 14.9. The lowest BCUT2D eigenvalue weighted by molar-refractivity contribution is 0.153. The lowest BCUT2D eigenvalue weighted by Gasteiger charge is -2.11. The number of benzene rings is 2. The molecule has 0 bridgehead atoms. The number of para-hydroxylation sites is 2. The average Bonchev–Trinajstić information content (AvgIpc) is 3.04. The maximum atomic E-state index is 13.9. The Morgan fingerprint density at radius 2 is 1.70 bits per heavy atom. The molecule has 0 spiro atoms. The molecule has 0 radical (unpaired) electrons. The Bertz CT molecular complexity index is 1110. The Hall–Kier alpha value is -3.28. The zero-order chi connectivity index (χ0) is 19.0. The Labute approximate surface area is 155 Å². The highest BCUT2D eigenvalue weighted by atomic mass is 19.3. The SMILES string of the molecule is COc1ccccc1-c1cc(C(F)F)c2c(C)nn(-c3ccccc3)c2n1. The van der Waals surface area contributed by atoms with Crippen LogP contribution in [-0.4, -0.2) is 21.9 Å². The van der Waals surface area contributed by atoms with E-state index < -0.39 is 6.43 Å². The summed E-state index contributed by atoms with van der Waals surface area (Å²) in [7, 11) is 1.55. The molecule has 6 heteroatoms. The number of pyridine rings is 1. The highest BCUT2D eigenvalue weighted by molar-refractivity contribution is 5.87. The van der Waals surface area contributed by atoms with E-state index in [1.807, 2.05) is 42.5 Å². The number of ether oxygens (including phenoxy) is 1. The lowest BCUT2D eigenvalue weighted by atomic mass is 10.0. The summed E-state index contributed by atoms with van der Waals surface area (Å²) in [4.78, 5) is 4.68. The molecule has 0 saturated heterocycles.